The van der Waals surface area contributed by atoms with E-state index in [1.54, 1.807) is 0 Å². The summed E-state index contributed by atoms with van der Waals surface area (Å²) in [5.41, 5.74) is 18.7. The van der Waals surface area contributed by atoms with E-state index in [1.807, 2.05) is 6.08 Å². The first-order valence-electron chi connectivity index (χ1n) is 22.0. The minimum Gasteiger partial charge on any atom is -0.337 e. The molecule has 0 spiro atoms. The van der Waals surface area contributed by atoms with Gasteiger partial charge < -0.3 is 4.90 Å². The molecular formula is C59H65N. The Morgan fingerprint density at radius 2 is 1.60 bits per heavy atom. The van der Waals surface area contributed by atoms with Crippen LogP contribution in [0.4, 0.5) is 0 Å². The lowest BCUT2D eigenvalue weighted by Gasteiger charge is -2.28. The monoisotopic (exact) mass is 788 g/mol. The van der Waals surface area contributed by atoms with Gasteiger partial charge in [0.25, 0.3) is 0 Å². The van der Waals surface area contributed by atoms with E-state index in [-0.39, 0.29) is 5.41 Å². The van der Waals surface area contributed by atoms with Crippen LogP contribution in [-0.4, -0.2) is 11.4 Å². The first-order valence-corrected chi connectivity index (χ1v) is 22.0. The molecule has 1 aliphatic heterocycles. The summed E-state index contributed by atoms with van der Waals surface area (Å²) < 4.78 is 0. The van der Waals surface area contributed by atoms with Crippen LogP contribution in [0.3, 0.4) is 0 Å². The highest BCUT2D eigenvalue weighted by Crippen LogP contribution is 2.41. The van der Waals surface area contributed by atoms with E-state index in [9.17, 15) is 0 Å². The molecule has 306 valence electrons. The molecule has 2 aromatic carbocycles. The Bertz CT molecular complexity index is 2400. The summed E-state index contributed by atoms with van der Waals surface area (Å²) in [5.74, 6) is 0.566. The molecule has 0 saturated carbocycles. The highest BCUT2D eigenvalue weighted by Gasteiger charge is 2.24. The van der Waals surface area contributed by atoms with Crippen LogP contribution in [0.25, 0.3) is 16.7 Å². The van der Waals surface area contributed by atoms with Crippen LogP contribution in [0.2, 0.25) is 0 Å². The molecule has 3 aliphatic carbocycles. The fourth-order valence-electron chi connectivity index (χ4n) is 8.69. The van der Waals surface area contributed by atoms with Crippen molar-refractivity contribution in [1.29, 1.82) is 0 Å². The van der Waals surface area contributed by atoms with Crippen LogP contribution in [0.5, 0.6) is 0 Å². The van der Waals surface area contributed by atoms with E-state index in [0.29, 0.717) is 12.5 Å². The highest BCUT2D eigenvalue weighted by atomic mass is 15.1. The van der Waals surface area contributed by atoms with Crippen LogP contribution in [0.1, 0.15) is 91.7 Å². The van der Waals surface area contributed by atoms with E-state index in [0.717, 1.165) is 54.5 Å². The lowest BCUT2D eigenvalue weighted by atomic mass is 9.80. The number of hydrogen-bond donors (Lipinski definition) is 0. The first kappa shape index (κ1) is 43.7. The maximum atomic E-state index is 4.66. The molecule has 2 aromatic rings. The minimum absolute atomic E-state index is 0.000643. The Morgan fingerprint density at radius 1 is 0.800 bits per heavy atom. The molecule has 0 radical (unpaired) electrons. The van der Waals surface area contributed by atoms with Crippen LogP contribution in [0, 0.1) is 5.92 Å². The molecular weight excluding hydrogens is 723 g/mol. The second-order valence-corrected chi connectivity index (χ2v) is 17.2. The molecule has 1 nitrogen and oxygen atoms in total. The van der Waals surface area contributed by atoms with Gasteiger partial charge in [0.2, 0.25) is 0 Å². The zero-order valence-electron chi connectivity index (χ0n) is 37.3. The van der Waals surface area contributed by atoms with Gasteiger partial charge in [-0.2, -0.15) is 0 Å². The number of hydrogen-bond acceptors (Lipinski definition) is 1. The Hall–Kier alpha value is -5.92. The van der Waals surface area contributed by atoms with E-state index in [1.165, 1.54) is 61.4 Å². The largest absolute Gasteiger partial charge is 0.337 e. The molecule has 1 atom stereocenters. The van der Waals surface area contributed by atoms with Crippen molar-refractivity contribution in [2.45, 2.75) is 86.0 Å². The van der Waals surface area contributed by atoms with Crippen molar-refractivity contribution in [2.24, 2.45) is 5.92 Å². The van der Waals surface area contributed by atoms with Crippen molar-refractivity contribution < 1.29 is 0 Å². The Labute approximate surface area is 362 Å². The molecule has 0 amide bonds. The lowest BCUT2D eigenvalue weighted by molar-refractivity contribution is 0.497. The normalized spacial score (nSPS) is 22.0. The van der Waals surface area contributed by atoms with Gasteiger partial charge in [0, 0.05) is 23.5 Å². The van der Waals surface area contributed by atoms with Gasteiger partial charge in [0.15, 0.2) is 0 Å². The van der Waals surface area contributed by atoms with Crippen LogP contribution in [0.15, 0.2) is 233 Å². The molecule has 6 rings (SSSR count). The van der Waals surface area contributed by atoms with Gasteiger partial charge in [-0.1, -0.05) is 181 Å². The van der Waals surface area contributed by atoms with Gasteiger partial charge in [-0.15, -0.1) is 0 Å². The smallest absolute Gasteiger partial charge is 0.0489 e. The maximum Gasteiger partial charge on any atom is 0.0489 e. The van der Waals surface area contributed by atoms with Gasteiger partial charge in [0.1, 0.15) is 0 Å². The summed E-state index contributed by atoms with van der Waals surface area (Å²) in [4.78, 5) is 2.44. The summed E-state index contributed by atoms with van der Waals surface area (Å²) in [6.45, 7) is 25.2. The fraction of sp³-hybridized carbons (Fsp3) is 0.254. The van der Waals surface area contributed by atoms with Gasteiger partial charge in [-0.05, 0) is 155 Å². The fourth-order valence-corrected chi connectivity index (χ4v) is 8.69. The second-order valence-electron chi connectivity index (χ2n) is 17.2. The molecule has 1 heterocycles. The Kier molecular flexibility index (Phi) is 14.8. The molecule has 0 N–H and O–H groups in total. The van der Waals surface area contributed by atoms with Crippen molar-refractivity contribution >= 4 is 5.57 Å². The van der Waals surface area contributed by atoms with E-state index in [4.69, 9.17) is 0 Å². The zero-order chi connectivity index (χ0) is 42.6. The summed E-state index contributed by atoms with van der Waals surface area (Å²) in [6.07, 6.45) is 48.0. The lowest BCUT2D eigenvalue weighted by Crippen LogP contribution is -2.22. The van der Waals surface area contributed by atoms with Gasteiger partial charge in [-0.3, -0.25) is 0 Å². The van der Waals surface area contributed by atoms with E-state index < -0.39 is 0 Å². The van der Waals surface area contributed by atoms with Crippen molar-refractivity contribution in [3.05, 3.63) is 244 Å². The van der Waals surface area contributed by atoms with Gasteiger partial charge >= 0.3 is 0 Å². The Balaban J connectivity index is 1.37. The van der Waals surface area contributed by atoms with E-state index in [2.05, 4.69) is 224 Å². The predicted molar refractivity (Wildman–Crippen MR) is 263 cm³/mol. The summed E-state index contributed by atoms with van der Waals surface area (Å²) in [7, 11) is 0. The number of fused-ring (bicyclic) bond motifs is 1. The number of benzene rings is 2. The van der Waals surface area contributed by atoms with Crippen LogP contribution >= 0.6 is 0 Å². The van der Waals surface area contributed by atoms with Crippen molar-refractivity contribution in [1.82, 2.24) is 4.90 Å². The van der Waals surface area contributed by atoms with Crippen molar-refractivity contribution in [3.63, 3.8) is 0 Å². The summed E-state index contributed by atoms with van der Waals surface area (Å²) >= 11 is 0. The summed E-state index contributed by atoms with van der Waals surface area (Å²) in [6, 6.07) is 17.7. The summed E-state index contributed by atoms with van der Waals surface area (Å²) in [5, 5.41) is 0. The van der Waals surface area contributed by atoms with Crippen molar-refractivity contribution in [3.8, 4) is 11.1 Å². The standard InChI is InChI=1S/C59H65N/c1-10-14-16-25-47-32-33-50-39-43(5)30-35-54(50)55(22-11-2)53(47)36-31-45-24-19-20-29-51(41-45)60-38-21-28-48(40-44(6)52(13-4)58(60)23-12-3)49-34-37-57(59(7,8)9)56(42-49)46-26-17-15-18-27-46/h10-19,21-29,32,34-35,37,39-43H,4,6,20,30-31,33,36,38H2,1-3,5,7-9H3/b14-10-,22-11-,23-12-,25-16-,28-21-,48-40+,58-52-. The van der Waals surface area contributed by atoms with E-state index >= 15 is 0 Å². The molecule has 0 aromatic heterocycles. The average Bonchev–Trinajstić information content (AvgIpc) is 3.53. The molecule has 1 unspecified atom stereocenters. The average molecular weight is 788 g/mol. The first-order chi connectivity index (χ1) is 29.1. The predicted octanol–water partition coefficient (Wildman–Crippen LogP) is 16.3. The van der Waals surface area contributed by atoms with Gasteiger partial charge in [0.05, 0.1) is 0 Å². The van der Waals surface area contributed by atoms with Crippen LogP contribution < -0.4 is 0 Å². The number of allylic oxidation sites excluding steroid dienone is 27. The molecule has 0 bridgehead atoms. The minimum atomic E-state index is 0.000643. The van der Waals surface area contributed by atoms with Crippen LogP contribution in [-0.2, 0) is 5.41 Å². The third-order valence-corrected chi connectivity index (χ3v) is 11.6. The second kappa shape index (κ2) is 20.4. The molecule has 1 heteroatoms. The van der Waals surface area contributed by atoms with Gasteiger partial charge in [-0.25, -0.2) is 0 Å². The third-order valence-electron chi connectivity index (χ3n) is 11.6. The molecule has 60 heavy (non-hydrogen) atoms. The molecule has 0 saturated heterocycles. The quantitative estimate of drug-likeness (QED) is 0.205. The maximum absolute atomic E-state index is 4.66. The third kappa shape index (κ3) is 10.4. The Morgan fingerprint density at radius 3 is 2.33 bits per heavy atom. The topological polar surface area (TPSA) is 3.24 Å². The molecule has 4 aliphatic rings. The zero-order valence-corrected chi connectivity index (χ0v) is 37.3. The highest BCUT2D eigenvalue weighted by molar-refractivity contribution is 5.82. The number of rotatable bonds is 11. The molecule has 0 fully saturated rings. The van der Waals surface area contributed by atoms with Crippen molar-refractivity contribution in [2.75, 3.05) is 6.54 Å². The SMILES string of the molecule is C=C/C1=C(\C=C/C)N(C2=CCC=CC(CCC3=C(/C=C\C)C4=CCC(C)C=C4CC=C3/C=C\C=C/C)=C2)C/C=C\C(c2ccc(C(C)(C)C)c(-c3ccccc3)c2)=C/C1=C. The number of nitrogens with zero attached hydrogens (tertiary/aromatic N) is 1.